The number of Topliss-reactive ketones (excluding diaryl/α,β-unsaturated/α-hetero) is 1. The highest BCUT2D eigenvalue weighted by molar-refractivity contribution is 7.90. The highest BCUT2D eigenvalue weighted by atomic mass is 32.2. The number of piperidine rings is 1. The van der Waals surface area contributed by atoms with Gasteiger partial charge in [0.25, 0.3) is 10.0 Å². The van der Waals surface area contributed by atoms with Crippen LogP contribution in [0.5, 0.6) is 0 Å². The van der Waals surface area contributed by atoms with Crippen molar-refractivity contribution < 1.29 is 32.3 Å². The zero-order valence-corrected chi connectivity index (χ0v) is 28.1. The summed E-state index contributed by atoms with van der Waals surface area (Å²) in [6, 6.07) is 17.3. The molecule has 1 fully saturated rings. The van der Waals surface area contributed by atoms with Gasteiger partial charge in [-0.25, -0.2) is 27.2 Å². The molecule has 248 valence electrons. The number of amides is 1. The molecule has 1 saturated heterocycles. The first-order valence-electron chi connectivity index (χ1n) is 15.6. The molecule has 12 heteroatoms. The maximum atomic E-state index is 13.9. The van der Waals surface area contributed by atoms with Crippen LogP contribution in [0.25, 0.3) is 11.2 Å². The summed E-state index contributed by atoms with van der Waals surface area (Å²) in [5, 5.41) is 0. The number of likely N-dealkylation sites (tertiary alicyclic amines) is 1. The van der Waals surface area contributed by atoms with Crippen LogP contribution in [-0.4, -0.2) is 63.8 Å². The van der Waals surface area contributed by atoms with Crippen molar-refractivity contribution in [2.45, 2.75) is 70.5 Å². The molecule has 1 amide bonds. The molecule has 1 aliphatic heterocycles. The molecule has 2 aromatic heterocycles. The number of nitrogens with zero attached hydrogens (tertiary/aromatic N) is 4. The zero-order chi connectivity index (χ0) is 33.9. The van der Waals surface area contributed by atoms with Gasteiger partial charge in [-0.1, -0.05) is 55.0 Å². The minimum Gasteiger partial charge on any atom is -0.459 e. The van der Waals surface area contributed by atoms with Crippen LogP contribution in [0.2, 0.25) is 0 Å². The Morgan fingerprint density at radius 1 is 1.02 bits per heavy atom. The van der Waals surface area contributed by atoms with Gasteiger partial charge in [-0.05, 0) is 63.8 Å². The fourth-order valence-electron chi connectivity index (χ4n) is 5.59. The van der Waals surface area contributed by atoms with E-state index >= 15 is 0 Å². The minimum atomic E-state index is -3.96. The van der Waals surface area contributed by atoms with E-state index < -0.39 is 39.5 Å². The second-order valence-corrected chi connectivity index (χ2v) is 14.9. The molecule has 0 spiro atoms. The molecule has 2 aromatic carbocycles. The second kappa shape index (κ2) is 13.6. The molecular weight excluding hydrogens is 620 g/mol. The number of carbonyl (C=O) groups is 3. The molecule has 47 heavy (non-hydrogen) atoms. The molecule has 11 nitrogen and oxygen atoms in total. The van der Waals surface area contributed by atoms with E-state index in [-0.39, 0.29) is 53.0 Å². The summed E-state index contributed by atoms with van der Waals surface area (Å²) in [5.41, 5.74) is 1.48. The number of aromatic nitrogens is 3. The zero-order valence-electron chi connectivity index (χ0n) is 27.3. The number of carbonyl (C=O) groups excluding carboxylic acids is 3. The number of ether oxygens (including phenoxy) is 2. The van der Waals surface area contributed by atoms with E-state index in [0.717, 1.165) is 15.1 Å². The predicted molar refractivity (Wildman–Crippen MR) is 175 cm³/mol. The van der Waals surface area contributed by atoms with Crippen LogP contribution in [0.1, 0.15) is 63.3 Å². The standard InChI is InChI=1S/C35H40N4O7S/c1-23-11-13-26(14-12-23)47(43,44)39-18-16-29-32(39)36-20-30(37-29)27(33(41)46-35(3,4)5)19-31(40)28-21-38(17-15-24(28)2)34(42)45-22-25-9-7-6-8-10-25/h6-14,16,18,20,24,27-28H,15,17,19,21-22H2,1-5H3. The third kappa shape index (κ3) is 7.87. The maximum Gasteiger partial charge on any atom is 0.410 e. The van der Waals surface area contributed by atoms with Crippen LogP contribution in [0.3, 0.4) is 0 Å². The Balaban J connectivity index is 1.37. The first-order valence-corrected chi connectivity index (χ1v) is 17.0. The van der Waals surface area contributed by atoms with Crippen molar-refractivity contribution in [3.63, 3.8) is 0 Å². The number of esters is 1. The molecule has 1 aliphatic rings. The van der Waals surface area contributed by atoms with E-state index in [1.165, 1.54) is 35.5 Å². The van der Waals surface area contributed by atoms with Crippen LogP contribution < -0.4 is 0 Å². The van der Waals surface area contributed by atoms with Crippen molar-refractivity contribution in [2.24, 2.45) is 11.8 Å². The number of ketones is 1. The largest absolute Gasteiger partial charge is 0.459 e. The van der Waals surface area contributed by atoms with Gasteiger partial charge in [0.2, 0.25) is 0 Å². The summed E-state index contributed by atoms with van der Waals surface area (Å²) in [6.45, 7) is 9.77. The lowest BCUT2D eigenvalue weighted by Crippen LogP contribution is -2.46. The molecule has 0 saturated carbocycles. The predicted octanol–water partition coefficient (Wildman–Crippen LogP) is 5.66. The average molecular weight is 661 g/mol. The lowest BCUT2D eigenvalue weighted by Gasteiger charge is -2.36. The van der Waals surface area contributed by atoms with Gasteiger partial charge in [-0.15, -0.1) is 0 Å². The van der Waals surface area contributed by atoms with Gasteiger partial charge in [0.15, 0.2) is 5.65 Å². The van der Waals surface area contributed by atoms with Crippen LogP contribution in [0.4, 0.5) is 4.79 Å². The Hall–Kier alpha value is -4.58. The third-order valence-corrected chi connectivity index (χ3v) is 9.92. The van der Waals surface area contributed by atoms with Crippen molar-refractivity contribution in [2.75, 3.05) is 13.1 Å². The lowest BCUT2D eigenvalue weighted by atomic mass is 9.80. The van der Waals surface area contributed by atoms with Crippen LogP contribution in [0.15, 0.2) is 78.0 Å². The molecule has 3 unspecified atom stereocenters. The van der Waals surface area contributed by atoms with E-state index in [4.69, 9.17) is 9.47 Å². The topological polar surface area (TPSA) is 138 Å². The summed E-state index contributed by atoms with van der Waals surface area (Å²) < 4.78 is 39.0. The molecule has 3 atom stereocenters. The average Bonchev–Trinajstić information content (AvgIpc) is 3.47. The third-order valence-electron chi connectivity index (χ3n) is 8.24. The molecule has 0 aliphatic carbocycles. The van der Waals surface area contributed by atoms with E-state index in [0.29, 0.717) is 13.0 Å². The number of rotatable bonds is 9. The monoisotopic (exact) mass is 660 g/mol. The van der Waals surface area contributed by atoms with Crippen molar-refractivity contribution in [1.82, 2.24) is 18.8 Å². The summed E-state index contributed by atoms with van der Waals surface area (Å²) in [6.07, 6.45) is 2.57. The Morgan fingerprint density at radius 2 is 1.72 bits per heavy atom. The number of aryl methyl sites for hydroxylation is 1. The molecule has 5 rings (SSSR count). The first-order chi connectivity index (χ1) is 22.2. The van der Waals surface area contributed by atoms with Crippen molar-refractivity contribution in [1.29, 1.82) is 0 Å². The fourth-order valence-corrected chi connectivity index (χ4v) is 6.88. The minimum absolute atomic E-state index is 0.0328. The molecule has 3 heterocycles. The molecule has 0 bridgehead atoms. The number of hydrogen-bond acceptors (Lipinski definition) is 9. The van der Waals surface area contributed by atoms with Crippen LogP contribution in [-0.2, 0) is 35.7 Å². The highest BCUT2D eigenvalue weighted by Crippen LogP contribution is 2.31. The molecule has 0 N–H and O–H groups in total. The lowest BCUT2D eigenvalue weighted by molar-refractivity contribution is -0.158. The fraction of sp³-hybridized carbons (Fsp3) is 0.400. The van der Waals surface area contributed by atoms with Gasteiger partial charge >= 0.3 is 12.1 Å². The van der Waals surface area contributed by atoms with Crippen molar-refractivity contribution in [3.05, 3.63) is 89.9 Å². The Bertz CT molecular complexity index is 1870. The van der Waals surface area contributed by atoms with Gasteiger partial charge in [-0.2, -0.15) is 0 Å². The van der Waals surface area contributed by atoms with Gasteiger partial charge in [0.05, 0.1) is 16.8 Å². The quantitative estimate of drug-likeness (QED) is 0.208. The van der Waals surface area contributed by atoms with Crippen LogP contribution >= 0.6 is 0 Å². The van der Waals surface area contributed by atoms with E-state index in [2.05, 4.69) is 9.97 Å². The van der Waals surface area contributed by atoms with Crippen molar-refractivity contribution in [3.8, 4) is 0 Å². The Morgan fingerprint density at radius 3 is 2.40 bits per heavy atom. The SMILES string of the molecule is Cc1ccc(S(=O)(=O)n2ccc3nc(C(CC(=O)C4CN(C(=O)OCc5ccccc5)CCC4C)C(=O)OC(C)(C)C)cnc32)cc1. The molecule has 4 aromatic rings. The Labute approximate surface area is 275 Å². The summed E-state index contributed by atoms with van der Waals surface area (Å²) in [4.78, 5) is 51.0. The maximum absolute atomic E-state index is 13.9. The Kier molecular flexibility index (Phi) is 9.81. The second-order valence-electron chi connectivity index (χ2n) is 13.0. The number of benzene rings is 2. The van der Waals surface area contributed by atoms with E-state index in [1.54, 1.807) is 32.9 Å². The van der Waals surface area contributed by atoms with Crippen LogP contribution in [0, 0.1) is 18.8 Å². The van der Waals surface area contributed by atoms with Gasteiger partial charge in [0.1, 0.15) is 29.4 Å². The molecular formula is C35H40N4O7S. The van der Waals surface area contributed by atoms with Gasteiger partial charge < -0.3 is 14.4 Å². The summed E-state index contributed by atoms with van der Waals surface area (Å²) in [5.74, 6) is -2.52. The van der Waals surface area contributed by atoms with Gasteiger partial charge in [0, 0.05) is 31.6 Å². The number of hydrogen-bond donors (Lipinski definition) is 0. The summed E-state index contributed by atoms with van der Waals surface area (Å²) >= 11 is 0. The van der Waals surface area contributed by atoms with Crippen molar-refractivity contribution >= 4 is 39.0 Å². The highest BCUT2D eigenvalue weighted by Gasteiger charge is 2.38. The molecule has 0 radical (unpaired) electrons. The van der Waals surface area contributed by atoms with E-state index in [1.807, 2.05) is 44.2 Å². The smallest absolute Gasteiger partial charge is 0.410 e. The number of fused-ring (bicyclic) bond motifs is 1. The normalized spacial score (nSPS) is 17.7. The van der Waals surface area contributed by atoms with Gasteiger partial charge in [-0.3, -0.25) is 9.59 Å². The first kappa shape index (κ1) is 33.8. The van der Waals surface area contributed by atoms with E-state index in [9.17, 15) is 22.8 Å². The summed E-state index contributed by atoms with van der Waals surface area (Å²) in [7, 11) is -3.96.